The van der Waals surface area contributed by atoms with Crippen LogP contribution in [0, 0.1) is 0 Å². The largest absolute Gasteiger partial charge is 0.496 e. The van der Waals surface area contributed by atoms with Gasteiger partial charge in [0.2, 0.25) is 0 Å². The smallest absolute Gasteiger partial charge is 0.133 e. The van der Waals surface area contributed by atoms with Crippen LogP contribution in [-0.2, 0) is 0 Å². The van der Waals surface area contributed by atoms with E-state index in [1.165, 1.54) is 31.2 Å². The molecule has 0 fully saturated rings. The number of hydrogen-bond acceptors (Lipinski definition) is 2. The lowest BCUT2D eigenvalue weighted by Crippen LogP contribution is -2.20. The molecule has 1 N–H and O–H groups in total. The molecule has 2 rings (SSSR count). The molecule has 1 aliphatic carbocycles. The quantitative estimate of drug-likeness (QED) is 0.772. The summed E-state index contributed by atoms with van der Waals surface area (Å²) in [7, 11) is 1.69. The molecule has 0 spiro atoms. The summed E-state index contributed by atoms with van der Waals surface area (Å²) in [6.45, 7) is 3.26. The topological polar surface area (TPSA) is 21.3 Å². The molecule has 0 saturated heterocycles. The van der Waals surface area contributed by atoms with E-state index in [9.17, 15) is 0 Å². The van der Waals surface area contributed by atoms with Crippen LogP contribution in [-0.4, -0.2) is 13.7 Å². The first kappa shape index (κ1) is 14.6. The van der Waals surface area contributed by atoms with E-state index >= 15 is 0 Å². The Bertz CT molecular complexity index is 456. The van der Waals surface area contributed by atoms with Crippen LogP contribution in [0.2, 0.25) is 0 Å². The normalized spacial score (nSPS) is 16.3. The molecule has 19 heavy (non-hydrogen) atoms. The van der Waals surface area contributed by atoms with E-state index in [0.29, 0.717) is 6.04 Å². The number of benzene rings is 1. The Morgan fingerprint density at radius 2 is 2.26 bits per heavy atom. The van der Waals surface area contributed by atoms with Crippen molar-refractivity contribution >= 4 is 15.9 Å². The molecule has 1 aromatic carbocycles. The lowest BCUT2D eigenvalue weighted by Gasteiger charge is -2.16. The van der Waals surface area contributed by atoms with E-state index < -0.39 is 0 Å². The lowest BCUT2D eigenvalue weighted by molar-refractivity contribution is 0.411. The van der Waals surface area contributed by atoms with Crippen molar-refractivity contribution in [3.8, 4) is 5.75 Å². The third-order valence-electron chi connectivity index (χ3n) is 3.71. The fourth-order valence-electron chi connectivity index (χ4n) is 2.48. The van der Waals surface area contributed by atoms with Gasteiger partial charge in [-0.3, -0.25) is 0 Å². The van der Waals surface area contributed by atoms with E-state index in [4.69, 9.17) is 4.74 Å². The number of methoxy groups -OCH3 is 1. The molecule has 1 aliphatic rings. The summed E-state index contributed by atoms with van der Waals surface area (Å²) in [6, 6.07) is 6.63. The van der Waals surface area contributed by atoms with Crippen molar-refractivity contribution in [2.45, 2.75) is 38.6 Å². The molecule has 1 aromatic rings. The van der Waals surface area contributed by atoms with E-state index in [0.717, 1.165) is 16.8 Å². The molecule has 0 heterocycles. The fourth-order valence-corrected chi connectivity index (χ4v) is 3.04. The molecule has 0 amide bonds. The van der Waals surface area contributed by atoms with Gasteiger partial charge in [-0.05, 0) is 72.8 Å². The molecule has 0 bridgehead atoms. The average Bonchev–Trinajstić information content (AvgIpc) is 2.91. The van der Waals surface area contributed by atoms with Gasteiger partial charge in [-0.1, -0.05) is 17.7 Å². The summed E-state index contributed by atoms with van der Waals surface area (Å²) in [4.78, 5) is 0. The van der Waals surface area contributed by atoms with Crippen molar-refractivity contribution < 1.29 is 4.74 Å². The highest BCUT2D eigenvalue weighted by atomic mass is 79.9. The maximum atomic E-state index is 5.25. The van der Waals surface area contributed by atoms with Gasteiger partial charge in [-0.15, -0.1) is 0 Å². The molecule has 104 valence electrons. The van der Waals surface area contributed by atoms with Gasteiger partial charge in [0, 0.05) is 6.04 Å². The highest BCUT2D eigenvalue weighted by molar-refractivity contribution is 9.10. The van der Waals surface area contributed by atoms with Gasteiger partial charge in [0.1, 0.15) is 5.75 Å². The summed E-state index contributed by atoms with van der Waals surface area (Å²) >= 11 is 3.54. The van der Waals surface area contributed by atoms with E-state index in [1.807, 2.05) is 6.07 Å². The number of halogens is 1. The molecule has 1 unspecified atom stereocenters. The van der Waals surface area contributed by atoms with Crippen LogP contribution in [0.25, 0.3) is 0 Å². The molecule has 1 atom stereocenters. The van der Waals surface area contributed by atoms with Gasteiger partial charge in [0.25, 0.3) is 0 Å². The summed E-state index contributed by atoms with van der Waals surface area (Å²) in [5.41, 5.74) is 2.91. The predicted octanol–water partition coefficient (Wildman–Crippen LogP) is 4.61. The Morgan fingerprint density at radius 1 is 1.42 bits per heavy atom. The minimum atomic E-state index is 0.365. The van der Waals surface area contributed by atoms with Crippen LogP contribution < -0.4 is 10.1 Å². The number of ether oxygens (including phenoxy) is 1. The van der Waals surface area contributed by atoms with Gasteiger partial charge >= 0.3 is 0 Å². The third-order valence-corrected chi connectivity index (χ3v) is 4.33. The second-order valence-corrected chi connectivity index (χ2v) is 5.93. The van der Waals surface area contributed by atoms with Crippen molar-refractivity contribution in [3.63, 3.8) is 0 Å². The second-order valence-electron chi connectivity index (χ2n) is 5.07. The predicted molar refractivity (Wildman–Crippen MR) is 83.7 cm³/mol. The van der Waals surface area contributed by atoms with Gasteiger partial charge in [0.15, 0.2) is 0 Å². The van der Waals surface area contributed by atoms with Crippen LogP contribution >= 0.6 is 15.9 Å². The zero-order chi connectivity index (χ0) is 13.7. The monoisotopic (exact) mass is 323 g/mol. The molecule has 0 aromatic heterocycles. The van der Waals surface area contributed by atoms with Crippen molar-refractivity contribution in [2.75, 3.05) is 13.7 Å². The standard InChI is InChI=1S/C16H22BrNO/c1-12(18-10-9-13-5-3-4-6-13)14-7-8-16(19-2)15(17)11-14/h5,7-8,11-12,18H,3-4,6,9-10H2,1-2H3. The highest BCUT2D eigenvalue weighted by Crippen LogP contribution is 2.28. The van der Waals surface area contributed by atoms with Gasteiger partial charge in [-0.25, -0.2) is 0 Å². The second kappa shape index (κ2) is 7.11. The molecule has 2 nitrogen and oxygen atoms in total. The van der Waals surface area contributed by atoms with Crippen LogP contribution in [0.15, 0.2) is 34.3 Å². The van der Waals surface area contributed by atoms with E-state index in [2.05, 4.69) is 46.4 Å². The maximum Gasteiger partial charge on any atom is 0.133 e. The first-order valence-corrected chi connectivity index (χ1v) is 7.74. The number of rotatable bonds is 6. The van der Waals surface area contributed by atoms with Crippen LogP contribution in [0.4, 0.5) is 0 Å². The number of nitrogens with one attached hydrogen (secondary N) is 1. The summed E-state index contributed by atoms with van der Waals surface area (Å²) in [5, 5.41) is 3.59. The highest BCUT2D eigenvalue weighted by Gasteiger charge is 2.09. The van der Waals surface area contributed by atoms with Gasteiger partial charge in [0.05, 0.1) is 11.6 Å². The summed E-state index contributed by atoms with van der Waals surface area (Å²) < 4.78 is 6.27. The zero-order valence-electron chi connectivity index (χ0n) is 11.7. The van der Waals surface area contributed by atoms with Crippen LogP contribution in [0.1, 0.15) is 44.2 Å². The van der Waals surface area contributed by atoms with Crippen molar-refractivity contribution in [1.29, 1.82) is 0 Å². The Hall–Kier alpha value is -0.800. The lowest BCUT2D eigenvalue weighted by atomic mass is 10.1. The first-order chi connectivity index (χ1) is 9.20. The minimum absolute atomic E-state index is 0.365. The van der Waals surface area contributed by atoms with Crippen molar-refractivity contribution in [1.82, 2.24) is 5.32 Å². The molecule has 0 saturated carbocycles. The van der Waals surface area contributed by atoms with Crippen molar-refractivity contribution in [3.05, 3.63) is 39.9 Å². The Labute approximate surface area is 124 Å². The SMILES string of the molecule is COc1ccc(C(C)NCCC2=CCCC2)cc1Br. The Morgan fingerprint density at radius 3 is 2.89 bits per heavy atom. The Kier molecular flexibility index (Phi) is 5.46. The molecular weight excluding hydrogens is 302 g/mol. The average molecular weight is 324 g/mol. The molecule has 3 heteroatoms. The Balaban J connectivity index is 1.85. The van der Waals surface area contributed by atoms with Crippen LogP contribution in [0.5, 0.6) is 5.75 Å². The molecule has 0 radical (unpaired) electrons. The zero-order valence-corrected chi connectivity index (χ0v) is 13.3. The maximum absolute atomic E-state index is 5.25. The number of hydrogen-bond donors (Lipinski definition) is 1. The summed E-state index contributed by atoms with van der Waals surface area (Å²) in [6.07, 6.45) is 7.49. The number of allylic oxidation sites excluding steroid dienone is 1. The third kappa shape index (κ3) is 4.08. The van der Waals surface area contributed by atoms with E-state index in [-0.39, 0.29) is 0 Å². The minimum Gasteiger partial charge on any atom is -0.496 e. The first-order valence-electron chi connectivity index (χ1n) is 6.95. The van der Waals surface area contributed by atoms with Crippen LogP contribution in [0.3, 0.4) is 0 Å². The fraction of sp³-hybridized carbons (Fsp3) is 0.500. The van der Waals surface area contributed by atoms with Crippen molar-refractivity contribution in [2.24, 2.45) is 0 Å². The molecule has 0 aliphatic heterocycles. The van der Waals surface area contributed by atoms with E-state index in [1.54, 1.807) is 12.7 Å². The summed E-state index contributed by atoms with van der Waals surface area (Å²) in [5.74, 6) is 0.882. The van der Waals surface area contributed by atoms with Gasteiger partial charge in [-0.2, -0.15) is 0 Å². The molecular formula is C16H22BrNO. The van der Waals surface area contributed by atoms with Gasteiger partial charge < -0.3 is 10.1 Å².